The minimum atomic E-state index is -0.913. The predicted octanol–water partition coefficient (Wildman–Crippen LogP) is -1.44. The van der Waals surface area contributed by atoms with E-state index in [0.717, 1.165) is 0 Å². The first-order chi connectivity index (χ1) is 6.91. The number of rotatable bonds is 5. The number of hydrogen-bond donors (Lipinski definition) is 3. The van der Waals surface area contributed by atoms with E-state index >= 15 is 0 Å². The van der Waals surface area contributed by atoms with Gasteiger partial charge in [-0.1, -0.05) is 0 Å². The maximum absolute atomic E-state index is 11.1. The van der Waals surface area contributed by atoms with E-state index in [1.165, 1.54) is 6.92 Å². The second-order valence-corrected chi connectivity index (χ2v) is 3.11. The molecular formula is C8H15N3O4. The number of carboxylic acid groups (broad SMARTS) is 1. The Bertz CT molecular complexity index is 254. The highest BCUT2D eigenvalue weighted by Crippen LogP contribution is 1.86. The zero-order valence-corrected chi connectivity index (χ0v) is 8.74. The summed E-state index contributed by atoms with van der Waals surface area (Å²) in [5, 5.41) is 8.39. The van der Waals surface area contributed by atoms with Crippen LogP contribution >= 0.6 is 0 Å². The molecule has 0 bridgehead atoms. The summed E-state index contributed by atoms with van der Waals surface area (Å²) < 4.78 is 0. The molecule has 0 saturated carbocycles. The Kier molecular flexibility index (Phi) is 6.03. The van der Waals surface area contributed by atoms with Crippen molar-refractivity contribution in [3.63, 3.8) is 0 Å². The molecular weight excluding hydrogens is 202 g/mol. The number of nitrogens with zero attached hydrogens (tertiary/aromatic N) is 1. The van der Waals surface area contributed by atoms with Gasteiger partial charge in [0.15, 0.2) is 0 Å². The number of likely N-dealkylation sites (N-methyl/N-ethyl adjacent to an activating group) is 1. The summed E-state index contributed by atoms with van der Waals surface area (Å²) in [6.07, 6.45) is -0.0239. The van der Waals surface area contributed by atoms with Gasteiger partial charge in [0.2, 0.25) is 5.91 Å². The number of hydrogen-bond acceptors (Lipinski definition) is 4. The summed E-state index contributed by atoms with van der Waals surface area (Å²) in [6.45, 7) is 1.59. The molecule has 2 amide bonds. The van der Waals surface area contributed by atoms with Gasteiger partial charge in [-0.3, -0.25) is 30.1 Å². The van der Waals surface area contributed by atoms with Crippen molar-refractivity contribution in [2.45, 2.75) is 13.3 Å². The second kappa shape index (κ2) is 6.77. The molecule has 0 fully saturated rings. The van der Waals surface area contributed by atoms with Crippen LogP contribution in [0.2, 0.25) is 0 Å². The topological polar surface area (TPSA) is 98.7 Å². The van der Waals surface area contributed by atoms with Crippen LogP contribution in [0.5, 0.6) is 0 Å². The Labute approximate surface area is 87.4 Å². The smallest absolute Gasteiger partial charge is 0.304 e. The van der Waals surface area contributed by atoms with Crippen LogP contribution in [0, 0.1) is 0 Å². The van der Waals surface area contributed by atoms with E-state index in [-0.39, 0.29) is 25.4 Å². The molecule has 0 atom stereocenters. The van der Waals surface area contributed by atoms with Crippen molar-refractivity contribution in [2.24, 2.45) is 0 Å². The van der Waals surface area contributed by atoms with E-state index in [1.807, 2.05) is 0 Å². The van der Waals surface area contributed by atoms with E-state index in [2.05, 4.69) is 10.9 Å². The zero-order chi connectivity index (χ0) is 11.8. The van der Waals surface area contributed by atoms with Crippen LogP contribution in [0.3, 0.4) is 0 Å². The molecule has 0 heterocycles. The fraction of sp³-hybridized carbons (Fsp3) is 0.625. The van der Waals surface area contributed by atoms with Gasteiger partial charge in [0.05, 0.1) is 13.0 Å². The first-order valence-corrected chi connectivity index (χ1v) is 4.37. The predicted molar refractivity (Wildman–Crippen MR) is 51.7 cm³/mol. The van der Waals surface area contributed by atoms with Gasteiger partial charge in [0.25, 0.3) is 5.91 Å². The molecule has 86 valence electrons. The lowest BCUT2D eigenvalue weighted by molar-refractivity contribution is -0.137. The Morgan fingerprint density at radius 1 is 1.27 bits per heavy atom. The van der Waals surface area contributed by atoms with Crippen LogP contribution in [0.4, 0.5) is 0 Å². The molecule has 3 N–H and O–H groups in total. The van der Waals surface area contributed by atoms with Crippen LogP contribution in [0.1, 0.15) is 13.3 Å². The van der Waals surface area contributed by atoms with Crippen LogP contribution in [-0.2, 0) is 14.4 Å². The Hall–Kier alpha value is -1.63. The number of amides is 2. The van der Waals surface area contributed by atoms with Crippen molar-refractivity contribution in [1.82, 2.24) is 15.8 Å². The molecule has 7 nitrogen and oxygen atoms in total. The van der Waals surface area contributed by atoms with Crippen LogP contribution in [0.15, 0.2) is 0 Å². The standard InChI is InChI=1S/C8H15N3O4/c1-6(12)9-10-7(13)5-11(2)4-3-8(14)15/h3-5H2,1-2H3,(H,9,12)(H,10,13)(H,14,15). The van der Waals surface area contributed by atoms with Gasteiger partial charge in [-0.05, 0) is 7.05 Å². The summed E-state index contributed by atoms with van der Waals surface area (Å²) in [4.78, 5) is 33.3. The van der Waals surface area contributed by atoms with Gasteiger partial charge in [-0.15, -0.1) is 0 Å². The van der Waals surface area contributed by atoms with Crippen molar-refractivity contribution < 1.29 is 19.5 Å². The Morgan fingerprint density at radius 2 is 1.87 bits per heavy atom. The molecule has 0 aromatic rings. The summed E-state index contributed by atoms with van der Waals surface area (Å²) in [5.41, 5.74) is 4.31. The minimum absolute atomic E-state index is 0.0239. The number of carbonyl (C=O) groups is 3. The van der Waals surface area contributed by atoms with Crippen molar-refractivity contribution in [2.75, 3.05) is 20.1 Å². The lowest BCUT2D eigenvalue weighted by atomic mass is 10.4. The fourth-order valence-corrected chi connectivity index (χ4v) is 0.808. The number of hydrazine groups is 1. The van der Waals surface area contributed by atoms with Gasteiger partial charge >= 0.3 is 5.97 Å². The van der Waals surface area contributed by atoms with Gasteiger partial charge < -0.3 is 5.11 Å². The Morgan fingerprint density at radius 3 is 2.33 bits per heavy atom. The van der Waals surface area contributed by atoms with E-state index in [4.69, 9.17) is 5.11 Å². The fourth-order valence-electron chi connectivity index (χ4n) is 0.808. The highest BCUT2D eigenvalue weighted by Gasteiger charge is 2.07. The first-order valence-electron chi connectivity index (χ1n) is 4.37. The van der Waals surface area contributed by atoms with Crippen molar-refractivity contribution >= 4 is 17.8 Å². The number of carbonyl (C=O) groups excluding carboxylic acids is 2. The molecule has 0 aliphatic carbocycles. The molecule has 0 aromatic heterocycles. The highest BCUT2D eigenvalue weighted by molar-refractivity contribution is 5.81. The summed E-state index contributed by atoms with van der Waals surface area (Å²) >= 11 is 0. The zero-order valence-electron chi connectivity index (χ0n) is 8.74. The maximum Gasteiger partial charge on any atom is 0.304 e. The van der Waals surface area contributed by atoms with Crippen molar-refractivity contribution in [3.8, 4) is 0 Å². The summed E-state index contributed by atoms with van der Waals surface area (Å²) in [7, 11) is 1.62. The molecule has 0 aliphatic rings. The second-order valence-electron chi connectivity index (χ2n) is 3.11. The number of nitrogens with one attached hydrogen (secondary N) is 2. The van der Waals surface area contributed by atoms with Crippen molar-refractivity contribution in [3.05, 3.63) is 0 Å². The normalized spacial score (nSPS) is 9.80. The SMILES string of the molecule is CC(=O)NNC(=O)CN(C)CCC(=O)O. The van der Waals surface area contributed by atoms with E-state index < -0.39 is 11.9 Å². The first kappa shape index (κ1) is 13.4. The molecule has 0 rings (SSSR count). The van der Waals surface area contributed by atoms with Crippen molar-refractivity contribution in [1.29, 1.82) is 0 Å². The average Bonchev–Trinajstić information content (AvgIpc) is 2.11. The quantitative estimate of drug-likeness (QED) is 0.490. The third-order valence-electron chi connectivity index (χ3n) is 1.50. The maximum atomic E-state index is 11.1. The highest BCUT2D eigenvalue weighted by atomic mass is 16.4. The third kappa shape index (κ3) is 8.69. The van der Waals surface area contributed by atoms with Crippen LogP contribution in [0.25, 0.3) is 0 Å². The summed E-state index contributed by atoms with van der Waals surface area (Å²) in [5.74, 6) is -1.67. The van der Waals surface area contributed by atoms with Crippen LogP contribution in [-0.4, -0.2) is 47.9 Å². The lowest BCUT2D eigenvalue weighted by Crippen LogP contribution is -2.45. The van der Waals surface area contributed by atoms with E-state index in [0.29, 0.717) is 0 Å². The molecule has 0 saturated heterocycles. The molecule has 15 heavy (non-hydrogen) atoms. The largest absolute Gasteiger partial charge is 0.481 e. The van der Waals surface area contributed by atoms with E-state index in [1.54, 1.807) is 11.9 Å². The lowest BCUT2D eigenvalue weighted by Gasteiger charge is -2.14. The average molecular weight is 217 g/mol. The molecule has 0 unspecified atom stereocenters. The third-order valence-corrected chi connectivity index (χ3v) is 1.50. The monoisotopic (exact) mass is 217 g/mol. The van der Waals surface area contributed by atoms with Crippen LogP contribution < -0.4 is 10.9 Å². The van der Waals surface area contributed by atoms with Gasteiger partial charge in [-0.25, -0.2) is 0 Å². The summed E-state index contributed by atoms with van der Waals surface area (Å²) in [6, 6.07) is 0. The number of carboxylic acids is 1. The van der Waals surface area contributed by atoms with Gasteiger partial charge in [0.1, 0.15) is 0 Å². The molecule has 0 radical (unpaired) electrons. The minimum Gasteiger partial charge on any atom is -0.481 e. The van der Waals surface area contributed by atoms with E-state index in [9.17, 15) is 14.4 Å². The molecule has 7 heteroatoms. The van der Waals surface area contributed by atoms with Gasteiger partial charge in [-0.2, -0.15) is 0 Å². The molecule has 0 spiro atoms. The van der Waals surface area contributed by atoms with Gasteiger partial charge in [0, 0.05) is 13.5 Å². The number of aliphatic carboxylic acids is 1. The molecule has 0 aromatic carbocycles. The Balaban J connectivity index is 3.66. The molecule has 0 aliphatic heterocycles.